The van der Waals surface area contributed by atoms with Gasteiger partial charge in [-0.05, 0) is 47.9 Å². The highest BCUT2D eigenvalue weighted by molar-refractivity contribution is 6.42. The number of hydrogen-bond donors (Lipinski definition) is 1. The van der Waals surface area contributed by atoms with E-state index in [2.05, 4.69) is 5.32 Å². The van der Waals surface area contributed by atoms with Crippen LogP contribution in [0.15, 0.2) is 48.5 Å². The van der Waals surface area contributed by atoms with E-state index in [1.807, 2.05) is 24.3 Å². The molecule has 22 heavy (non-hydrogen) atoms. The first-order chi connectivity index (χ1) is 10.5. The third-order valence-corrected chi connectivity index (χ3v) is 3.99. The number of amides is 1. The van der Waals surface area contributed by atoms with Crippen LogP contribution in [-0.2, 0) is 11.2 Å². The normalized spacial score (nSPS) is 10.9. The van der Waals surface area contributed by atoms with Crippen LogP contribution in [0.25, 0.3) is 6.08 Å². The molecule has 0 aliphatic carbocycles. The van der Waals surface area contributed by atoms with Crippen LogP contribution in [-0.4, -0.2) is 12.5 Å². The smallest absolute Gasteiger partial charge is 0.244 e. The van der Waals surface area contributed by atoms with Gasteiger partial charge < -0.3 is 5.32 Å². The highest BCUT2D eigenvalue weighted by Crippen LogP contribution is 2.23. The molecule has 0 heterocycles. The van der Waals surface area contributed by atoms with Crippen LogP contribution in [0.4, 0.5) is 0 Å². The van der Waals surface area contributed by atoms with Gasteiger partial charge in [-0.25, -0.2) is 0 Å². The molecule has 0 radical (unpaired) electrons. The Morgan fingerprint density at radius 3 is 2.41 bits per heavy atom. The third kappa shape index (κ3) is 5.38. The monoisotopic (exact) mass is 353 g/mol. The zero-order valence-electron chi connectivity index (χ0n) is 11.7. The van der Waals surface area contributed by atoms with E-state index < -0.39 is 0 Å². The van der Waals surface area contributed by atoms with Crippen LogP contribution in [0.2, 0.25) is 15.1 Å². The van der Waals surface area contributed by atoms with Crippen molar-refractivity contribution in [2.75, 3.05) is 6.54 Å². The zero-order valence-corrected chi connectivity index (χ0v) is 13.9. The molecular weight excluding hydrogens is 341 g/mol. The maximum atomic E-state index is 11.7. The highest BCUT2D eigenvalue weighted by Gasteiger charge is 1.99. The molecule has 0 saturated carbocycles. The molecule has 2 rings (SSSR count). The van der Waals surface area contributed by atoms with E-state index in [1.54, 1.807) is 24.3 Å². The number of nitrogens with one attached hydrogen (secondary N) is 1. The molecule has 0 atom stereocenters. The fourth-order valence-electron chi connectivity index (χ4n) is 1.83. The Kier molecular flexibility index (Phi) is 6.32. The third-order valence-electron chi connectivity index (χ3n) is 3.00. The first-order valence-corrected chi connectivity index (χ1v) is 7.83. The number of carbonyl (C=O) groups is 1. The first kappa shape index (κ1) is 16.9. The summed E-state index contributed by atoms with van der Waals surface area (Å²) >= 11 is 17.6. The number of halogens is 3. The molecule has 2 aromatic rings. The largest absolute Gasteiger partial charge is 0.352 e. The van der Waals surface area contributed by atoms with Crippen LogP contribution in [0, 0.1) is 0 Å². The summed E-state index contributed by atoms with van der Waals surface area (Å²) in [5.41, 5.74) is 1.94. The molecule has 0 bridgehead atoms. The van der Waals surface area contributed by atoms with Crippen LogP contribution in [0.1, 0.15) is 11.1 Å². The Hall–Kier alpha value is -1.48. The Morgan fingerprint density at radius 2 is 1.73 bits per heavy atom. The number of benzene rings is 2. The van der Waals surface area contributed by atoms with Gasteiger partial charge in [0.15, 0.2) is 0 Å². The van der Waals surface area contributed by atoms with E-state index in [9.17, 15) is 4.79 Å². The molecule has 0 aromatic heterocycles. The summed E-state index contributed by atoms with van der Waals surface area (Å²) in [6.07, 6.45) is 3.92. The van der Waals surface area contributed by atoms with Gasteiger partial charge in [0.05, 0.1) is 10.0 Å². The van der Waals surface area contributed by atoms with Gasteiger partial charge in [0.25, 0.3) is 0 Å². The summed E-state index contributed by atoms with van der Waals surface area (Å²) in [7, 11) is 0. The van der Waals surface area contributed by atoms with Gasteiger partial charge >= 0.3 is 0 Å². The van der Waals surface area contributed by atoms with Gasteiger partial charge in [-0.1, -0.05) is 53.0 Å². The van der Waals surface area contributed by atoms with E-state index in [1.165, 1.54) is 6.08 Å². The first-order valence-electron chi connectivity index (χ1n) is 6.70. The SMILES string of the molecule is O=C(/C=C/c1ccc(Cl)c(Cl)c1)NCCc1ccc(Cl)cc1. The van der Waals surface area contributed by atoms with E-state index >= 15 is 0 Å². The summed E-state index contributed by atoms with van der Waals surface area (Å²) in [5.74, 6) is -0.153. The van der Waals surface area contributed by atoms with Gasteiger partial charge in [0.1, 0.15) is 0 Å². The highest BCUT2D eigenvalue weighted by atomic mass is 35.5. The Bertz CT molecular complexity index is 681. The molecule has 0 aliphatic heterocycles. The predicted molar refractivity (Wildman–Crippen MR) is 93.7 cm³/mol. The minimum absolute atomic E-state index is 0.153. The Morgan fingerprint density at radius 1 is 1.00 bits per heavy atom. The van der Waals surface area contributed by atoms with Gasteiger partial charge in [0.2, 0.25) is 5.91 Å². The average Bonchev–Trinajstić information content (AvgIpc) is 2.50. The second-order valence-electron chi connectivity index (χ2n) is 4.67. The van der Waals surface area contributed by atoms with Crippen molar-refractivity contribution in [1.82, 2.24) is 5.32 Å². The standard InChI is InChI=1S/C17H14Cl3NO/c18-14-5-1-12(2-6-14)9-10-21-17(22)8-4-13-3-7-15(19)16(20)11-13/h1-8,11H,9-10H2,(H,21,22)/b8-4+. The van der Waals surface area contributed by atoms with Crippen molar-refractivity contribution in [3.05, 3.63) is 74.7 Å². The summed E-state index contributed by atoms with van der Waals surface area (Å²) in [6, 6.07) is 12.8. The van der Waals surface area contributed by atoms with Gasteiger partial charge in [-0.3, -0.25) is 4.79 Å². The average molecular weight is 355 g/mol. The maximum absolute atomic E-state index is 11.7. The van der Waals surface area contributed by atoms with Crippen LogP contribution in [0.3, 0.4) is 0 Å². The Balaban J connectivity index is 1.81. The van der Waals surface area contributed by atoms with Crippen LogP contribution >= 0.6 is 34.8 Å². The lowest BCUT2D eigenvalue weighted by molar-refractivity contribution is -0.116. The lowest BCUT2D eigenvalue weighted by Crippen LogP contribution is -2.23. The number of hydrogen-bond acceptors (Lipinski definition) is 1. The summed E-state index contributed by atoms with van der Waals surface area (Å²) < 4.78 is 0. The molecule has 0 saturated heterocycles. The van der Waals surface area contributed by atoms with E-state index in [0.717, 1.165) is 17.5 Å². The van der Waals surface area contributed by atoms with Gasteiger partial charge in [-0.2, -0.15) is 0 Å². The summed E-state index contributed by atoms with van der Waals surface area (Å²) in [4.78, 5) is 11.7. The van der Waals surface area contributed by atoms with Crippen molar-refractivity contribution in [2.24, 2.45) is 0 Å². The van der Waals surface area contributed by atoms with Crippen molar-refractivity contribution in [3.8, 4) is 0 Å². The fourth-order valence-corrected chi connectivity index (χ4v) is 2.26. The molecule has 0 spiro atoms. The van der Waals surface area contributed by atoms with Crippen LogP contribution in [0.5, 0.6) is 0 Å². The molecule has 0 fully saturated rings. The topological polar surface area (TPSA) is 29.1 Å². The second kappa shape index (κ2) is 8.23. The lowest BCUT2D eigenvalue weighted by atomic mass is 10.1. The molecule has 1 N–H and O–H groups in total. The molecule has 2 aromatic carbocycles. The molecule has 1 amide bonds. The van der Waals surface area contributed by atoms with Crippen molar-refractivity contribution in [2.45, 2.75) is 6.42 Å². The molecule has 5 heteroatoms. The van der Waals surface area contributed by atoms with Crippen molar-refractivity contribution in [3.63, 3.8) is 0 Å². The lowest BCUT2D eigenvalue weighted by Gasteiger charge is -2.03. The number of carbonyl (C=O) groups excluding carboxylic acids is 1. The molecular formula is C17H14Cl3NO. The van der Waals surface area contributed by atoms with Crippen molar-refractivity contribution in [1.29, 1.82) is 0 Å². The van der Waals surface area contributed by atoms with Gasteiger partial charge in [0, 0.05) is 17.6 Å². The zero-order chi connectivity index (χ0) is 15.9. The minimum Gasteiger partial charge on any atom is -0.352 e. The molecule has 0 aliphatic rings. The predicted octanol–water partition coefficient (Wildman–Crippen LogP) is 5.02. The van der Waals surface area contributed by atoms with Crippen molar-refractivity contribution < 1.29 is 4.79 Å². The van der Waals surface area contributed by atoms with E-state index in [4.69, 9.17) is 34.8 Å². The van der Waals surface area contributed by atoms with E-state index in [0.29, 0.717) is 21.6 Å². The van der Waals surface area contributed by atoms with Crippen molar-refractivity contribution >= 4 is 46.8 Å². The summed E-state index contributed by atoms with van der Waals surface area (Å²) in [5, 5.41) is 4.49. The Labute approximate surface area is 144 Å². The van der Waals surface area contributed by atoms with Gasteiger partial charge in [-0.15, -0.1) is 0 Å². The summed E-state index contributed by atoms with van der Waals surface area (Å²) in [6.45, 7) is 0.562. The maximum Gasteiger partial charge on any atom is 0.244 e. The van der Waals surface area contributed by atoms with Crippen LogP contribution < -0.4 is 5.32 Å². The fraction of sp³-hybridized carbons (Fsp3) is 0.118. The number of rotatable bonds is 5. The van der Waals surface area contributed by atoms with E-state index in [-0.39, 0.29) is 5.91 Å². The molecule has 114 valence electrons. The second-order valence-corrected chi connectivity index (χ2v) is 5.93. The molecule has 2 nitrogen and oxygen atoms in total. The molecule has 0 unspecified atom stereocenters. The quantitative estimate of drug-likeness (QED) is 0.751. The minimum atomic E-state index is -0.153.